The molecule has 1 aliphatic heterocycles. The van der Waals surface area contributed by atoms with E-state index in [0.717, 1.165) is 18.8 Å². The van der Waals surface area contributed by atoms with Crippen LogP contribution in [0.1, 0.15) is 44.1 Å². The minimum absolute atomic E-state index is 0.0157. The normalized spacial score (nSPS) is 19.9. The van der Waals surface area contributed by atoms with Crippen molar-refractivity contribution in [3.05, 3.63) is 48.3 Å². The van der Waals surface area contributed by atoms with Crippen molar-refractivity contribution in [1.82, 2.24) is 9.97 Å². The number of hydrogen-bond acceptors (Lipinski definition) is 4. The van der Waals surface area contributed by atoms with Gasteiger partial charge >= 0.3 is 0 Å². The van der Waals surface area contributed by atoms with E-state index in [9.17, 15) is 0 Å². The van der Waals surface area contributed by atoms with E-state index >= 15 is 0 Å². The highest BCUT2D eigenvalue weighted by atomic mass is 15.1. The Hall–Kier alpha value is -2.10. The quantitative estimate of drug-likeness (QED) is 0.928. The second kappa shape index (κ2) is 6.19. The molecule has 4 nitrogen and oxygen atoms in total. The topological polar surface area (TPSA) is 41.1 Å². The fourth-order valence-electron chi connectivity index (χ4n) is 3.74. The molecule has 1 N–H and O–H groups in total. The number of hydrogen-bond donors (Lipinski definition) is 1. The minimum Gasteiger partial charge on any atom is -0.372 e. The Balaban J connectivity index is 1.53. The molecule has 0 radical (unpaired) electrons. The molecule has 120 valence electrons. The van der Waals surface area contributed by atoms with E-state index in [1.165, 1.54) is 50.0 Å². The predicted molar refractivity (Wildman–Crippen MR) is 93.7 cm³/mol. The van der Waals surface area contributed by atoms with Crippen LogP contribution in [-0.4, -0.2) is 23.1 Å². The summed E-state index contributed by atoms with van der Waals surface area (Å²) in [5.41, 5.74) is 2.73. The summed E-state index contributed by atoms with van der Waals surface area (Å²) in [6.45, 7) is 2.39. The summed E-state index contributed by atoms with van der Waals surface area (Å²) in [6.07, 6.45) is 11.1. The van der Waals surface area contributed by atoms with E-state index in [1.54, 1.807) is 12.4 Å². The van der Waals surface area contributed by atoms with E-state index in [1.807, 2.05) is 6.07 Å². The van der Waals surface area contributed by atoms with E-state index in [2.05, 4.69) is 44.5 Å². The van der Waals surface area contributed by atoms with Gasteiger partial charge in [-0.1, -0.05) is 12.1 Å². The predicted octanol–water partition coefficient (Wildman–Crippen LogP) is 3.96. The second-order valence-electron chi connectivity index (χ2n) is 6.73. The molecule has 23 heavy (non-hydrogen) atoms. The molecule has 0 spiro atoms. The van der Waals surface area contributed by atoms with Crippen molar-refractivity contribution in [3.8, 4) is 0 Å². The second-order valence-corrected chi connectivity index (χ2v) is 6.73. The number of aromatic nitrogens is 2. The zero-order valence-corrected chi connectivity index (χ0v) is 13.5. The van der Waals surface area contributed by atoms with Crippen LogP contribution < -0.4 is 10.2 Å². The van der Waals surface area contributed by atoms with Crippen LogP contribution in [-0.2, 0) is 5.54 Å². The van der Waals surface area contributed by atoms with Gasteiger partial charge in [0.15, 0.2) is 0 Å². The fourth-order valence-corrected chi connectivity index (χ4v) is 3.74. The highest BCUT2D eigenvalue weighted by molar-refractivity contribution is 5.50. The summed E-state index contributed by atoms with van der Waals surface area (Å²) in [6, 6.07) is 11.0. The smallest absolute Gasteiger partial charge is 0.223 e. The Bertz CT molecular complexity index is 628. The molecule has 1 aromatic carbocycles. The standard InChI is InChI=1S/C19H24N4/c1-2-14-23(15-3-1)17-8-6-16(7-9-17)19(10-4-11-19)22-18-20-12-5-13-21-18/h5-9,12-13H,1-4,10-11,14-15H2,(H,20,21,22). The summed E-state index contributed by atoms with van der Waals surface area (Å²) >= 11 is 0. The maximum atomic E-state index is 4.33. The fraction of sp³-hybridized carbons (Fsp3) is 0.474. The molecule has 0 unspecified atom stereocenters. The van der Waals surface area contributed by atoms with Gasteiger partial charge < -0.3 is 10.2 Å². The average molecular weight is 308 g/mol. The summed E-state index contributed by atoms with van der Waals surface area (Å²) in [7, 11) is 0. The van der Waals surface area contributed by atoms with Crippen LogP contribution in [0, 0.1) is 0 Å². The average Bonchev–Trinajstić information content (AvgIpc) is 2.60. The zero-order chi connectivity index (χ0) is 15.5. The lowest BCUT2D eigenvalue weighted by atomic mass is 9.72. The summed E-state index contributed by atoms with van der Waals surface area (Å²) in [5, 5.41) is 3.57. The Morgan fingerprint density at radius 2 is 1.57 bits per heavy atom. The van der Waals surface area contributed by atoms with E-state index in [4.69, 9.17) is 0 Å². The number of piperidine rings is 1. The van der Waals surface area contributed by atoms with Gasteiger partial charge in [-0.15, -0.1) is 0 Å². The van der Waals surface area contributed by atoms with E-state index in [-0.39, 0.29) is 5.54 Å². The van der Waals surface area contributed by atoms with Gasteiger partial charge in [-0.3, -0.25) is 0 Å². The third-order valence-corrected chi connectivity index (χ3v) is 5.27. The number of benzene rings is 1. The van der Waals surface area contributed by atoms with Gasteiger partial charge in [0.2, 0.25) is 5.95 Å². The van der Waals surface area contributed by atoms with Crippen LogP contribution in [0.25, 0.3) is 0 Å². The lowest BCUT2D eigenvalue weighted by Crippen LogP contribution is -2.42. The maximum Gasteiger partial charge on any atom is 0.223 e. The van der Waals surface area contributed by atoms with Gasteiger partial charge in [-0.2, -0.15) is 0 Å². The van der Waals surface area contributed by atoms with Crippen LogP contribution in [0.3, 0.4) is 0 Å². The highest BCUT2D eigenvalue weighted by Gasteiger charge is 2.39. The monoisotopic (exact) mass is 308 g/mol. The van der Waals surface area contributed by atoms with Crippen LogP contribution in [0.15, 0.2) is 42.7 Å². The number of rotatable bonds is 4. The van der Waals surface area contributed by atoms with Crippen LogP contribution in [0.4, 0.5) is 11.6 Å². The zero-order valence-electron chi connectivity index (χ0n) is 13.5. The molecule has 2 aromatic rings. The van der Waals surface area contributed by atoms with Gasteiger partial charge in [-0.05, 0) is 62.3 Å². The molecule has 4 rings (SSSR count). The third kappa shape index (κ3) is 2.90. The number of nitrogens with one attached hydrogen (secondary N) is 1. The third-order valence-electron chi connectivity index (χ3n) is 5.27. The van der Waals surface area contributed by atoms with Crippen molar-refractivity contribution in [2.75, 3.05) is 23.3 Å². The van der Waals surface area contributed by atoms with Gasteiger partial charge in [0.1, 0.15) is 0 Å². The molecule has 2 heterocycles. The van der Waals surface area contributed by atoms with Crippen LogP contribution in [0.2, 0.25) is 0 Å². The largest absolute Gasteiger partial charge is 0.372 e. The van der Waals surface area contributed by atoms with Crippen molar-refractivity contribution >= 4 is 11.6 Å². The Kier molecular flexibility index (Phi) is 3.90. The SMILES string of the molecule is c1cnc(NC2(c3ccc(N4CCCCC4)cc3)CCC2)nc1. The van der Waals surface area contributed by atoms with E-state index < -0.39 is 0 Å². The Morgan fingerprint density at radius 1 is 0.870 bits per heavy atom. The van der Waals surface area contributed by atoms with Crippen molar-refractivity contribution in [1.29, 1.82) is 0 Å². The molecule has 2 fully saturated rings. The minimum atomic E-state index is 0.0157. The van der Waals surface area contributed by atoms with Crippen molar-refractivity contribution < 1.29 is 0 Å². The summed E-state index contributed by atoms with van der Waals surface area (Å²) in [4.78, 5) is 11.2. The molecule has 4 heteroatoms. The van der Waals surface area contributed by atoms with Crippen molar-refractivity contribution in [3.63, 3.8) is 0 Å². The first-order valence-electron chi connectivity index (χ1n) is 8.76. The molecule has 1 saturated carbocycles. The van der Waals surface area contributed by atoms with Crippen molar-refractivity contribution in [2.45, 2.75) is 44.1 Å². The molecule has 1 saturated heterocycles. The lowest BCUT2D eigenvalue weighted by Gasteiger charge is -2.43. The van der Waals surface area contributed by atoms with Gasteiger partial charge in [0.05, 0.1) is 5.54 Å². The van der Waals surface area contributed by atoms with Crippen LogP contribution in [0.5, 0.6) is 0 Å². The molecule has 1 aromatic heterocycles. The number of anilines is 2. The highest BCUT2D eigenvalue weighted by Crippen LogP contribution is 2.43. The molecule has 0 atom stereocenters. The molecule has 2 aliphatic rings. The Labute approximate surface area is 138 Å². The first-order chi connectivity index (χ1) is 11.4. The van der Waals surface area contributed by atoms with Crippen molar-refractivity contribution in [2.24, 2.45) is 0 Å². The number of nitrogens with zero attached hydrogens (tertiary/aromatic N) is 3. The summed E-state index contributed by atoms with van der Waals surface area (Å²) < 4.78 is 0. The first-order valence-corrected chi connectivity index (χ1v) is 8.76. The molecule has 1 aliphatic carbocycles. The Morgan fingerprint density at radius 3 is 2.17 bits per heavy atom. The first kappa shape index (κ1) is 14.5. The molecular formula is C19H24N4. The lowest BCUT2D eigenvalue weighted by molar-refractivity contribution is 0.282. The summed E-state index contributed by atoms with van der Waals surface area (Å²) in [5.74, 6) is 0.729. The molecule has 0 bridgehead atoms. The van der Waals surface area contributed by atoms with E-state index in [0.29, 0.717) is 0 Å². The molecular weight excluding hydrogens is 284 g/mol. The van der Waals surface area contributed by atoms with Gasteiger partial charge in [0, 0.05) is 31.2 Å². The van der Waals surface area contributed by atoms with Crippen LogP contribution >= 0.6 is 0 Å². The van der Waals surface area contributed by atoms with Gasteiger partial charge in [-0.25, -0.2) is 9.97 Å². The van der Waals surface area contributed by atoms with Gasteiger partial charge in [0.25, 0.3) is 0 Å². The maximum absolute atomic E-state index is 4.33. The molecule has 0 amide bonds.